The third-order valence-electron chi connectivity index (χ3n) is 11.1. The molecule has 0 unspecified atom stereocenters. The summed E-state index contributed by atoms with van der Waals surface area (Å²) >= 11 is 0. The van der Waals surface area contributed by atoms with Gasteiger partial charge in [0.15, 0.2) is 11.5 Å². The van der Waals surface area contributed by atoms with Gasteiger partial charge in [-0.3, -0.25) is 14.4 Å². The Kier molecular flexibility index (Phi) is 13.1. The molecule has 1 saturated carbocycles. The first-order chi connectivity index (χ1) is 27.5. The monoisotopic (exact) mass is 832 g/mol. The number of hydrogen-bond donors (Lipinski definition) is 3. The number of nitrogens with one attached hydrogen (secondary N) is 3. The Balaban J connectivity index is 1.25. The molecule has 19 heteroatoms. The Bertz CT molecular complexity index is 1880. The molecule has 0 spiro atoms. The molecule has 4 aliphatic heterocycles. The van der Waals surface area contributed by atoms with Crippen LogP contribution in [0, 0.1) is 5.92 Å². The molecule has 4 heterocycles. The van der Waals surface area contributed by atoms with Gasteiger partial charge in [-0.05, 0) is 76.1 Å². The average molecular weight is 833 g/mol. The SMILES string of the molecule is COc1cc2c(cc1OC)CN(C(=O)O[C@@H]1C[C@H]3C(=O)N[C@]4(C(=O)NS(=O)(=O)N5CCOCC5)C[C@H]4/C=C\CCCCC[C@H](NC(=O)OC(C)(C)C)C(=O)N3C1)CC2. The lowest BCUT2D eigenvalue weighted by Crippen LogP contribution is -2.59. The van der Waals surface area contributed by atoms with E-state index in [0.29, 0.717) is 37.3 Å². The zero-order chi connectivity index (χ0) is 41.8. The quantitative estimate of drug-likeness (QED) is 0.338. The van der Waals surface area contributed by atoms with Crippen molar-refractivity contribution in [1.29, 1.82) is 0 Å². The van der Waals surface area contributed by atoms with Gasteiger partial charge in [0.05, 0.1) is 34.0 Å². The van der Waals surface area contributed by atoms with Crippen LogP contribution in [0.4, 0.5) is 9.59 Å². The molecule has 3 N–H and O–H groups in total. The third kappa shape index (κ3) is 9.97. The van der Waals surface area contributed by atoms with E-state index >= 15 is 0 Å². The molecule has 3 fully saturated rings. The van der Waals surface area contributed by atoms with Gasteiger partial charge in [0.2, 0.25) is 11.8 Å². The van der Waals surface area contributed by atoms with Crippen molar-refractivity contribution in [2.24, 2.45) is 5.92 Å². The maximum Gasteiger partial charge on any atom is 0.410 e. The van der Waals surface area contributed by atoms with Crippen molar-refractivity contribution in [1.82, 2.24) is 29.5 Å². The maximum atomic E-state index is 14.5. The number of carbonyl (C=O) groups is 5. The first kappa shape index (κ1) is 43.0. The van der Waals surface area contributed by atoms with Crippen LogP contribution in [0.3, 0.4) is 0 Å². The highest BCUT2D eigenvalue weighted by Crippen LogP contribution is 2.46. The minimum Gasteiger partial charge on any atom is -0.493 e. The highest BCUT2D eigenvalue weighted by atomic mass is 32.2. The zero-order valence-electron chi connectivity index (χ0n) is 33.9. The van der Waals surface area contributed by atoms with Crippen LogP contribution in [0.25, 0.3) is 0 Å². The van der Waals surface area contributed by atoms with E-state index in [2.05, 4.69) is 15.4 Å². The van der Waals surface area contributed by atoms with E-state index in [1.807, 2.05) is 24.3 Å². The number of rotatable bonds is 7. The number of benzene rings is 1. The number of methoxy groups -OCH3 is 2. The molecule has 5 aliphatic rings. The van der Waals surface area contributed by atoms with Gasteiger partial charge in [0.1, 0.15) is 29.3 Å². The van der Waals surface area contributed by atoms with Crippen molar-refractivity contribution >= 4 is 40.1 Å². The topological polar surface area (TPSA) is 211 Å². The van der Waals surface area contributed by atoms with Gasteiger partial charge in [-0.2, -0.15) is 12.7 Å². The van der Waals surface area contributed by atoms with Gasteiger partial charge in [0.25, 0.3) is 5.91 Å². The van der Waals surface area contributed by atoms with Gasteiger partial charge in [-0.15, -0.1) is 0 Å². The van der Waals surface area contributed by atoms with Crippen molar-refractivity contribution in [2.45, 2.75) is 108 Å². The first-order valence-corrected chi connectivity index (χ1v) is 21.4. The number of allylic oxidation sites excluding steroid dienone is 1. The van der Waals surface area contributed by atoms with Crippen molar-refractivity contribution < 1.29 is 56.1 Å². The standard InChI is InChI=1S/C39H56N6O12S/c1-38(2,3)57-36(49)40-29-12-10-8-6-7-9-11-27-22-39(27,35(48)42-58(51,52)44-15-17-55-18-16-44)41-33(46)30-21-28(24-45(30)34(29)47)56-37(50)43-14-13-25-19-31(53-4)32(54-5)20-26(25)23-43/h9,11,19-20,27-30H,6-8,10,12-18,21-24H2,1-5H3,(H,40,49)(H,41,46)(H,42,48)/b11-9-/t27-,28-,29+,30+,39-/m1/s1. The van der Waals surface area contributed by atoms with Gasteiger partial charge in [0, 0.05) is 38.5 Å². The first-order valence-electron chi connectivity index (χ1n) is 19.9. The number of nitrogens with zero attached hydrogens (tertiary/aromatic N) is 3. The molecule has 1 aromatic rings. The van der Waals surface area contributed by atoms with E-state index in [4.69, 9.17) is 23.7 Å². The van der Waals surface area contributed by atoms with Gasteiger partial charge in [-0.1, -0.05) is 25.0 Å². The van der Waals surface area contributed by atoms with Crippen LogP contribution in [-0.4, -0.2) is 135 Å². The molecule has 58 heavy (non-hydrogen) atoms. The minimum absolute atomic E-state index is 0.0654. The van der Waals surface area contributed by atoms with Crippen LogP contribution in [0.15, 0.2) is 24.3 Å². The van der Waals surface area contributed by atoms with Crippen molar-refractivity contribution in [3.05, 3.63) is 35.4 Å². The van der Waals surface area contributed by atoms with Crippen LogP contribution in [0.1, 0.15) is 76.8 Å². The maximum absolute atomic E-state index is 14.5. The number of morpholine rings is 1. The molecular formula is C39H56N6O12S. The second kappa shape index (κ2) is 17.7. The molecule has 0 bridgehead atoms. The summed E-state index contributed by atoms with van der Waals surface area (Å²) in [5.74, 6) is -1.60. The normalized spacial score (nSPS) is 27.6. The molecule has 6 rings (SSSR count). The smallest absolute Gasteiger partial charge is 0.410 e. The van der Waals surface area contributed by atoms with E-state index in [1.54, 1.807) is 27.9 Å². The van der Waals surface area contributed by atoms with Gasteiger partial charge in [-0.25, -0.2) is 14.3 Å². The minimum atomic E-state index is -4.26. The summed E-state index contributed by atoms with van der Waals surface area (Å²) in [6.07, 6.45) is 4.87. The van der Waals surface area contributed by atoms with Crippen LogP contribution < -0.4 is 24.8 Å². The molecule has 320 valence electrons. The summed E-state index contributed by atoms with van der Waals surface area (Å²) in [4.78, 5) is 72.3. The van der Waals surface area contributed by atoms with E-state index in [9.17, 15) is 32.4 Å². The van der Waals surface area contributed by atoms with Gasteiger partial charge >= 0.3 is 22.4 Å². The molecule has 1 aromatic carbocycles. The average Bonchev–Trinajstić information content (AvgIpc) is 3.71. The predicted molar refractivity (Wildman–Crippen MR) is 208 cm³/mol. The largest absolute Gasteiger partial charge is 0.493 e. The molecule has 2 saturated heterocycles. The van der Waals surface area contributed by atoms with E-state index in [-0.39, 0.29) is 58.7 Å². The second-order valence-electron chi connectivity index (χ2n) is 16.4. The van der Waals surface area contributed by atoms with Crippen molar-refractivity contribution in [2.75, 3.05) is 53.6 Å². The number of ether oxygens (including phenoxy) is 5. The summed E-state index contributed by atoms with van der Waals surface area (Å²) in [5, 5.41) is 5.52. The lowest BCUT2D eigenvalue weighted by molar-refractivity contribution is -0.141. The Labute approximate surface area is 339 Å². The molecule has 18 nitrogen and oxygen atoms in total. The summed E-state index contributed by atoms with van der Waals surface area (Å²) in [6.45, 7) is 6.01. The van der Waals surface area contributed by atoms with E-state index < -0.39 is 75.4 Å². The second-order valence-corrected chi connectivity index (χ2v) is 18.0. The zero-order valence-corrected chi connectivity index (χ0v) is 34.7. The van der Waals surface area contributed by atoms with Gasteiger partial charge < -0.3 is 44.1 Å². The van der Waals surface area contributed by atoms with E-state index in [0.717, 1.165) is 28.3 Å². The fraction of sp³-hybridized carbons (Fsp3) is 0.667. The number of amides is 5. The predicted octanol–water partition coefficient (Wildman–Crippen LogP) is 2.15. The molecule has 5 atom stereocenters. The Hall–Kier alpha value is -4.62. The number of fused-ring (bicyclic) bond motifs is 3. The molecule has 0 aromatic heterocycles. The Morgan fingerprint density at radius 1 is 0.983 bits per heavy atom. The van der Waals surface area contributed by atoms with Crippen LogP contribution >= 0.6 is 0 Å². The lowest BCUT2D eigenvalue weighted by atomic mass is 9.99. The van der Waals surface area contributed by atoms with Crippen molar-refractivity contribution in [3.63, 3.8) is 0 Å². The van der Waals surface area contributed by atoms with Crippen LogP contribution in [-0.2, 0) is 51.8 Å². The Morgan fingerprint density at radius 3 is 2.38 bits per heavy atom. The fourth-order valence-electron chi connectivity index (χ4n) is 7.93. The Morgan fingerprint density at radius 2 is 1.69 bits per heavy atom. The molecular weight excluding hydrogens is 777 g/mol. The highest BCUT2D eigenvalue weighted by molar-refractivity contribution is 7.87. The van der Waals surface area contributed by atoms with Crippen LogP contribution in [0.5, 0.6) is 11.5 Å². The summed E-state index contributed by atoms with van der Waals surface area (Å²) < 4.78 is 57.5. The summed E-state index contributed by atoms with van der Waals surface area (Å²) in [7, 11) is -1.17. The van der Waals surface area contributed by atoms with Crippen LogP contribution in [0.2, 0.25) is 0 Å². The van der Waals surface area contributed by atoms with E-state index in [1.165, 1.54) is 16.9 Å². The summed E-state index contributed by atoms with van der Waals surface area (Å²) in [6, 6.07) is 1.40. The van der Waals surface area contributed by atoms with Crippen molar-refractivity contribution in [3.8, 4) is 11.5 Å². The number of alkyl carbamates (subject to hydrolysis) is 1. The number of carbonyl (C=O) groups excluding carboxylic acids is 5. The molecule has 1 aliphatic carbocycles. The summed E-state index contributed by atoms with van der Waals surface area (Å²) in [5.41, 5.74) is -0.595. The third-order valence-corrected chi connectivity index (χ3v) is 12.6. The number of hydrogen-bond acceptors (Lipinski definition) is 12. The lowest BCUT2D eigenvalue weighted by Gasteiger charge is -2.31. The fourth-order valence-corrected chi connectivity index (χ4v) is 9.11. The molecule has 5 amide bonds. The highest BCUT2D eigenvalue weighted by Gasteiger charge is 2.62. The molecule has 0 radical (unpaired) electrons.